The van der Waals surface area contributed by atoms with Crippen molar-refractivity contribution in [1.82, 2.24) is 0 Å². The summed E-state index contributed by atoms with van der Waals surface area (Å²) in [6.45, 7) is 0. The number of carbonyl (C=O) groups is 1. The van der Waals surface area contributed by atoms with Crippen molar-refractivity contribution in [3.05, 3.63) is 33.8 Å². The summed E-state index contributed by atoms with van der Waals surface area (Å²) in [4.78, 5) is 10.9. The van der Waals surface area contributed by atoms with Gasteiger partial charge in [0.25, 0.3) is 0 Å². The number of fused-ring (bicyclic) bond motifs is 1. The molecule has 13 heavy (non-hydrogen) atoms. The first kappa shape index (κ1) is 8.75. The van der Waals surface area contributed by atoms with Gasteiger partial charge in [0.05, 0.1) is 5.92 Å². The molecule has 1 aliphatic carbocycles. The molecule has 0 heterocycles. The molecule has 1 aromatic rings. The molecule has 2 nitrogen and oxygen atoms in total. The minimum absolute atomic E-state index is 0.299. The minimum atomic E-state index is -0.711. The van der Waals surface area contributed by atoms with Crippen molar-refractivity contribution in [2.45, 2.75) is 18.8 Å². The zero-order valence-corrected chi connectivity index (χ0v) is 8.54. The lowest BCUT2D eigenvalue weighted by atomic mass is 10.0. The second-order valence-electron chi connectivity index (χ2n) is 3.27. The number of halogens is 1. The molecular weight excluding hydrogens is 232 g/mol. The maximum absolute atomic E-state index is 10.9. The van der Waals surface area contributed by atoms with Gasteiger partial charge < -0.3 is 5.11 Å². The minimum Gasteiger partial charge on any atom is -0.481 e. The predicted molar refractivity (Wildman–Crippen MR) is 52.8 cm³/mol. The molecule has 2 rings (SSSR count). The molecule has 0 saturated carbocycles. The van der Waals surface area contributed by atoms with E-state index in [9.17, 15) is 4.79 Å². The zero-order valence-electron chi connectivity index (χ0n) is 6.96. The van der Waals surface area contributed by atoms with Crippen LogP contribution in [0.2, 0.25) is 0 Å². The van der Waals surface area contributed by atoms with Gasteiger partial charge in [-0.3, -0.25) is 4.79 Å². The number of aliphatic carboxylic acids is 1. The largest absolute Gasteiger partial charge is 0.481 e. The Balaban J connectivity index is 2.46. The van der Waals surface area contributed by atoms with E-state index in [1.165, 1.54) is 5.56 Å². The standard InChI is InChI=1S/C10H9BrO2/c11-7-3-1-6-2-4-8(10(12)13)9(6)5-7/h1,3,5,8H,2,4H2,(H,12,13)/t8-/m1/s1. The first-order valence-electron chi connectivity index (χ1n) is 4.19. The molecule has 0 radical (unpaired) electrons. The lowest BCUT2D eigenvalue weighted by Crippen LogP contribution is -2.07. The monoisotopic (exact) mass is 240 g/mol. The highest BCUT2D eigenvalue weighted by atomic mass is 79.9. The summed E-state index contributed by atoms with van der Waals surface area (Å²) < 4.78 is 0.958. The average Bonchev–Trinajstić information content (AvgIpc) is 2.46. The number of hydrogen-bond donors (Lipinski definition) is 1. The molecule has 0 bridgehead atoms. The molecule has 1 aliphatic rings. The summed E-state index contributed by atoms with van der Waals surface area (Å²) in [6.07, 6.45) is 1.63. The highest BCUT2D eigenvalue weighted by Crippen LogP contribution is 2.34. The SMILES string of the molecule is O=C(O)[C@@H]1CCc2ccc(Br)cc21. The number of carboxylic acids is 1. The van der Waals surface area contributed by atoms with E-state index in [0.717, 1.165) is 22.9 Å². The molecule has 1 N–H and O–H groups in total. The summed E-state index contributed by atoms with van der Waals surface area (Å²) in [7, 11) is 0. The average molecular weight is 241 g/mol. The van der Waals surface area contributed by atoms with Crippen LogP contribution in [0.25, 0.3) is 0 Å². The Morgan fingerprint density at radius 3 is 3.00 bits per heavy atom. The van der Waals surface area contributed by atoms with Crippen LogP contribution < -0.4 is 0 Å². The van der Waals surface area contributed by atoms with Crippen LogP contribution in [-0.2, 0) is 11.2 Å². The molecule has 0 aromatic heterocycles. The summed E-state index contributed by atoms with van der Waals surface area (Å²) in [5.41, 5.74) is 2.15. The van der Waals surface area contributed by atoms with Gasteiger partial charge in [-0.25, -0.2) is 0 Å². The second kappa shape index (κ2) is 3.14. The predicted octanol–water partition coefficient (Wildman–Crippen LogP) is 2.56. The van der Waals surface area contributed by atoms with Crippen LogP contribution in [0.15, 0.2) is 22.7 Å². The highest BCUT2D eigenvalue weighted by molar-refractivity contribution is 9.10. The topological polar surface area (TPSA) is 37.3 Å². The van der Waals surface area contributed by atoms with Crippen molar-refractivity contribution >= 4 is 21.9 Å². The zero-order chi connectivity index (χ0) is 9.42. The molecule has 68 valence electrons. The van der Waals surface area contributed by atoms with Crippen LogP contribution in [0, 0.1) is 0 Å². The maximum atomic E-state index is 10.9. The Bertz CT molecular complexity index is 360. The fraction of sp³-hybridized carbons (Fsp3) is 0.300. The van der Waals surface area contributed by atoms with E-state index < -0.39 is 5.97 Å². The lowest BCUT2D eigenvalue weighted by molar-refractivity contribution is -0.138. The number of aryl methyl sites for hydroxylation is 1. The maximum Gasteiger partial charge on any atom is 0.310 e. The number of rotatable bonds is 1. The van der Waals surface area contributed by atoms with E-state index in [4.69, 9.17) is 5.11 Å². The van der Waals surface area contributed by atoms with E-state index in [1.807, 2.05) is 18.2 Å². The van der Waals surface area contributed by atoms with Crippen molar-refractivity contribution in [2.75, 3.05) is 0 Å². The normalized spacial score (nSPS) is 19.9. The summed E-state index contributed by atoms with van der Waals surface area (Å²) in [5.74, 6) is -1.01. The number of carboxylic acid groups (broad SMARTS) is 1. The molecule has 0 amide bonds. The van der Waals surface area contributed by atoms with E-state index in [1.54, 1.807) is 0 Å². The third-order valence-electron chi connectivity index (χ3n) is 2.48. The Morgan fingerprint density at radius 1 is 1.54 bits per heavy atom. The van der Waals surface area contributed by atoms with Gasteiger partial charge in [0, 0.05) is 4.47 Å². The van der Waals surface area contributed by atoms with Gasteiger partial charge in [-0.2, -0.15) is 0 Å². The summed E-state index contributed by atoms with van der Waals surface area (Å²) in [6, 6.07) is 5.88. The second-order valence-corrected chi connectivity index (χ2v) is 4.19. The Morgan fingerprint density at radius 2 is 2.31 bits per heavy atom. The van der Waals surface area contributed by atoms with Crippen molar-refractivity contribution < 1.29 is 9.90 Å². The van der Waals surface area contributed by atoms with E-state index in [0.29, 0.717) is 0 Å². The summed E-state index contributed by atoms with van der Waals surface area (Å²) >= 11 is 3.35. The fourth-order valence-electron chi connectivity index (χ4n) is 1.83. The molecule has 0 unspecified atom stereocenters. The van der Waals surface area contributed by atoms with Crippen LogP contribution in [0.4, 0.5) is 0 Å². The van der Waals surface area contributed by atoms with Crippen molar-refractivity contribution in [2.24, 2.45) is 0 Å². The van der Waals surface area contributed by atoms with Crippen molar-refractivity contribution in [1.29, 1.82) is 0 Å². The third kappa shape index (κ3) is 1.48. The van der Waals surface area contributed by atoms with Gasteiger partial charge in [0.1, 0.15) is 0 Å². The van der Waals surface area contributed by atoms with Crippen molar-refractivity contribution in [3.63, 3.8) is 0 Å². The van der Waals surface area contributed by atoms with Crippen LogP contribution >= 0.6 is 15.9 Å². The number of benzene rings is 1. The van der Waals surface area contributed by atoms with E-state index in [-0.39, 0.29) is 5.92 Å². The van der Waals surface area contributed by atoms with Gasteiger partial charge >= 0.3 is 5.97 Å². The quantitative estimate of drug-likeness (QED) is 0.820. The Kier molecular flexibility index (Phi) is 2.12. The van der Waals surface area contributed by atoms with Gasteiger partial charge in [0.2, 0.25) is 0 Å². The van der Waals surface area contributed by atoms with Crippen LogP contribution in [0.5, 0.6) is 0 Å². The number of hydrogen-bond acceptors (Lipinski definition) is 1. The lowest BCUT2D eigenvalue weighted by Gasteiger charge is -2.05. The first-order chi connectivity index (χ1) is 6.18. The first-order valence-corrected chi connectivity index (χ1v) is 4.99. The molecule has 0 spiro atoms. The molecule has 0 saturated heterocycles. The molecular formula is C10H9BrO2. The molecule has 1 aromatic carbocycles. The summed E-state index contributed by atoms with van der Waals surface area (Å²) in [5, 5.41) is 8.94. The molecule has 0 aliphatic heterocycles. The van der Waals surface area contributed by atoms with Gasteiger partial charge in [-0.1, -0.05) is 22.0 Å². The van der Waals surface area contributed by atoms with Crippen LogP contribution in [0.3, 0.4) is 0 Å². The highest BCUT2D eigenvalue weighted by Gasteiger charge is 2.27. The van der Waals surface area contributed by atoms with Crippen LogP contribution in [0.1, 0.15) is 23.5 Å². The Hall–Kier alpha value is -0.830. The van der Waals surface area contributed by atoms with Gasteiger partial charge in [-0.05, 0) is 36.1 Å². The Labute approximate surface area is 84.7 Å². The fourth-order valence-corrected chi connectivity index (χ4v) is 2.21. The van der Waals surface area contributed by atoms with Gasteiger partial charge in [-0.15, -0.1) is 0 Å². The third-order valence-corrected chi connectivity index (χ3v) is 2.98. The smallest absolute Gasteiger partial charge is 0.310 e. The van der Waals surface area contributed by atoms with Crippen molar-refractivity contribution in [3.8, 4) is 0 Å². The molecule has 0 fully saturated rings. The van der Waals surface area contributed by atoms with E-state index in [2.05, 4.69) is 15.9 Å². The molecule has 1 atom stereocenters. The van der Waals surface area contributed by atoms with E-state index >= 15 is 0 Å². The molecule has 3 heteroatoms. The van der Waals surface area contributed by atoms with Gasteiger partial charge in [0.15, 0.2) is 0 Å². The van der Waals surface area contributed by atoms with Crippen LogP contribution in [-0.4, -0.2) is 11.1 Å².